The molecule has 0 radical (unpaired) electrons. The van der Waals surface area contributed by atoms with Crippen LogP contribution in [0.5, 0.6) is 11.5 Å². The maximum atomic E-state index is 6.18. The third-order valence-corrected chi connectivity index (χ3v) is 5.14. The predicted octanol–water partition coefficient (Wildman–Crippen LogP) is 3.29. The Bertz CT molecular complexity index is 608. The SMILES string of the molecule is COc1ccc(C2=NOC3(CCNC3)C2)cc1OC1CCCC1.Cl. The number of nitrogens with zero attached hydrogens (tertiary/aromatic N) is 1. The van der Waals surface area contributed by atoms with E-state index >= 15 is 0 Å². The predicted molar refractivity (Wildman–Crippen MR) is 95.6 cm³/mol. The molecule has 6 heteroatoms. The summed E-state index contributed by atoms with van der Waals surface area (Å²) >= 11 is 0. The largest absolute Gasteiger partial charge is 0.493 e. The van der Waals surface area contributed by atoms with Crippen molar-refractivity contribution in [1.29, 1.82) is 0 Å². The van der Waals surface area contributed by atoms with Crippen LogP contribution in [0.3, 0.4) is 0 Å². The van der Waals surface area contributed by atoms with E-state index in [1.807, 2.05) is 12.1 Å². The van der Waals surface area contributed by atoms with Crippen molar-refractivity contribution in [2.45, 2.75) is 50.2 Å². The molecule has 1 atom stereocenters. The molecule has 132 valence electrons. The van der Waals surface area contributed by atoms with E-state index in [9.17, 15) is 0 Å². The second-order valence-electron chi connectivity index (χ2n) is 6.81. The smallest absolute Gasteiger partial charge is 0.162 e. The van der Waals surface area contributed by atoms with Gasteiger partial charge in [0.05, 0.1) is 18.9 Å². The lowest BCUT2D eigenvalue weighted by atomic mass is 9.93. The number of oxime groups is 1. The molecule has 2 fully saturated rings. The van der Waals surface area contributed by atoms with Gasteiger partial charge in [-0.15, -0.1) is 12.4 Å². The third-order valence-electron chi connectivity index (χ3n) is 5.14. The first-order valence-corrected chi connectivity index (χ1v) is 8.59. The Morgan fingerprint density at radius 3 is 2.79 bits per heavy atom. The first kappa shape index (κ1) is 17.4. The molecule has 4 rings (SSSR count). The molecule has 1 N–H and O–H groups in total. The lowest BCUT2D eigenvalue weighted by molar-refractivity contribution is -0.00190. The molecule has 1 spiro atoms. The van der Waals surface area contributed by atoms with Crippen molar-refractivity contribution >= 4 is 18.1 Å². The number of halogens is 1. The van der Waals surface area contributed by atoms with Gasteiger partial charge in [-0.2, -0.15) is 0 Å². The quantitative estimate of drug-likeness (QED) is 0.903. The van der Waals surface area contributed by atoms with Crippen molar-refractivity contribution in [2.75, 3.05) is 20.2 Å². The summed E-state index contributed by atoms with van der Waals surface area (Å²) in [5.41, 5.74) is 1.94. The lowest BCUT2D eigenvalue weighted by Crippen LogP contribution is -2.31. The lowest BCUT2D eigenvalue weighted by Gasteiger charge is -2.19. The summed E-state index contributed by atoms with van der Waals surface area (Å²) in [4.78, 5) is 5.75. The molecule has 1 aromatic carbocycles. The van der Waals surface area contributed by atoms with Gasteiger partial charge in [0.2, 0.25) is 0 Å². The van der Waals surface area contributed by atoms with Crippen LogP contribution in [0.4, 0.5) is 0 Å². The van der Waals surface area contributed by atoms with Gasteiger partial charge in [0.1, 0.15) is 0 Å². The minimum Gasteiger partial charge on any atom is -0.493 e. The molecule has 1 aromatic rings. The third kappa shape index (κ3) is 3.33. The monoisotopic (exact) mass is 352 g/mol. The summed E-state index contributed by atoms with van der Waals surface area (Å²) in [6, 6.07) is 6.07. The fraction of sp³-hybridized carbons (Fsp3) is 0.611. The Kier molecular flexibility index (Phi) is 5.21. The van der Waals surface area contributed by atoms with E-state index in [-0.39, 0.29) is 18.0 Å². The Morgan fingerprint density at radius 2 is 2.08 bits per heavy atom. The Labute approximate surface area is 149 Å². The van der Waals surface area contributed by atoms with Crippen LogP contribution in [-0.4, -0.2) is 37.6 Å². The van der Waals surface area contributed by atoms with Crippen LogP contribution in [0.2, 0.25) is 0 Å². The second kappa shape index (κ2) is 7.19. The highest BCUT2D eigenvalue weighted by atomic mass is 35.5. The summed E-state index contributed by atoms with van der Waals surface area (Å²) in [5, 5.41) is 7.71. The van der Waals surface area contributed by atoms with Crippen LogP contribution in [0.1, 0.15) is 44.1 Å². The van der Waals surface area contributed by atoms with Gasteiger partial charge in [-0.3, -0.25) is 0 Å². The first-order chi connectivity index (χ1) is 11.3. The molecular weight excluding hydrogens is 328 g/mol. The highest BCUT2D eigenvalue weighted by Gasteiger charge is 2.42. The van der Waals surface area contributed by atoms with E-state index in [1.54, 1.807) is 7.11 Å². The molecule has 0 aromatic heterocycles. The molecule has 0 amide bonds. The highest BCUT2D eigenvalue weighted by Crippen LogP contribution is 2.36. The molecule has 0 bridgehead atoms. The average molecular weight is 353 g/mol. The van der Waals surface area contributed by atoms with Gasteiger partial charge in [-0.25, -0.2) is 0 Å². The second-order valence-corrected chi connectivity index (χ2v) is 6.81. The van der Waals surface area contributed by atoms with Crippen LogP contribution >= 0.6 is 12.4 Å². The van der Waals surface area contributed by atoms with E-state index < -0.39 is 0 Å². The van der Waals surface area contributed by atoms with E-state index in [2.05, 4.69) is 16.5 Å². The summed E-state index contributed by atoms with van der Waals surface area (Å²) in [6.07, 6.45) is 6.95. The van der Waals surface area contributed by atoms with Crippen molar-refractivity contribution in [3.8, 4) is 11.5 Å². The highest BCUT2D eigenvalue weighted by molar-refractivity contribution is 6.02. The van der Waals surface area contributed by atoms with Crippen molar-refractivity contribution in [3.63, 3.8) is 0 Å². The number of benzene rings is 1. The molecule has 3 aliphatic rings. The summed E-state index contributed by atoms with van der Waals surface area (Å²) in [6.45, 7) is 1.88. The minimum absolute atomic E-state index is 0. The number of methoxy groups -OCH3 is 1. The van der Waals surface area contributed by atoms with Crippen LogP contribution in [0.15, 0.2) is 23.4 Å². The van der Waals surface area contributed by atoms with E-state index in [4.69, 9.17) is 14.3 Å². The molecule has 2 heterocycles. The van der Waals surface area contributed by atoms with Crippen molar-refractivity contribution in [1.82, 2.24) is 5.32 Å². The molecule has 1 saturated heterocycles. The van der Waals surface area contributed by atoms with Gasteiger partial charge in [0.15, 0.2) is 17.1 Å². The maximum Gasteiger partial charge on any atom is 0.162 e. The van der Waals surface area contributed by atoms with E-state index in [0.717, 1.165) is 61.5 Å². The Hall–Kier alpha value is -1.46. The molecule has 5 nitrogen and oxygen atoms in total. The standard InChI is InChI=1S/C18H24N2O3.ClH/c1-21-16-7-6-13(10-17(16)22-14-4-2-3-5-14)15-11-18(23-20-15)8-9-19-12-18;/h6-7,10,14,19H,2-5,8-9,11-12H2,1H3;1H. The minimum atomic E-state index is -0.137. The van der Waals surface area contributed by atoms with E-state index in [0.29, 0.717) is 6.10 Å². The molecule has 1 aliphatic carbocycles. The molecule has 24 heavy (non-hydrogen) atoms. The van der Waals surface area contributed by atoms with Crippen LogP contribution in [0.25, 0.3) is 0 Å². The van der Waals surface area contributed by atoms with Gasteiger partial charge in [0.25, 0.3) is 0 Å². The number of nitrogens with one attached hydrogen (secondary N) is 1. The van der Waals surface area contributed by atoms with Gasteiger partial charge < -0.3 is 19.6 Å². The maximum absolute atomic E-state index is 6.18. The summed E-state index contributed by atoms with van der Waals surface area (Å²) in [7, 11) is 1.69. The van der Waals surface area contributed by atoms with Crippen molar-refractivity contribution < 1.29 is 14.3 Å². The molecular formula is C18H25ClN2O3. The van der Waals surface area contributed by atoms with Crippen molar-refractivity contribution in [2.24, 2.45) is 5.16 Å². The van der Waals surface area contributed by atoms with Gasteiger partial charge in [0, 0.05) is 24.9 Å². The molecule has 2 aliphatic heterocycles. The van der Waals surface area contributed by atoms with Gasteiger partial charge in [-0.05, 0) is 50.4 Å². The molecule has 1 saturated carbocycles. The van der Waals surface area contributed by atoms with Gasteiger partial charge >= 0.3 is 0 Å². The van der Waals surface area contributed by atoms with Crippen molar-refractivity contribution in [3.05, 3.63) is 23.8 Å². The van der Waals surface area contributed by atoms with Crippen LogP contribution in [0, 0.1) is 0 Å². The summed E-state index contributed by atoms with van der Waals surface area (Å²) < 4.78 is 11.6. The Balaban J connectivity index is 0.00000169. The summed E-state index contributed by atoms with van der Waals surface area (Å²) in [5.74, 6) is 1.61. The topological polar surface area (TPSA) is 52.1 Å². The first-order valence-electron chi connectivity index (χ1n) is 8.59. The zero-order valence-electron chi connectivity index (χ0n) is 14.0. The van der Waals surface area contributed by atoms with Gasteiger partial charge in [-0.1, -0.05) is 5.16 Å². The fourth-order valence-corrected chi connectivity index (χ4v) is 3.76. The average Bonchev–Trinajstić information content (AvgIpc) is 3.32. The normalized spacial score (nSPS) is 26.1. The number of rotatable bonds is 4. The van der Waals surface area contributed by atoms with Crippen LogP contribution in [-0.2, 0) is 4.84 Å². The Morgan fingerprint density at radius 1 is 1.25 bits per heavy atom. The molecule has 1 unspecified atom stereocenters. The fourth-order valence-electron chi connectivity index (χ4n) is 3.76. The number of hydrogen-bond acceptors (Lipinski definition) is 5. The zero-order chi connectivity index (χ0) is 15.7. The zero-order valence-corrected chi connectivity index (χ0v) is 14.9. The number of ether oxygens (including phenoxy) is 2. The van der Waals surface area contributed by atoms with Crippen LogP contribution < -0.4 is 14.8 Å². The number of hydrogen-bond donors (Lipinski definition) is 1. The van der Waals surface area contributed by atoms with E-state index in [1.165, 1.54) is 12.8 Å².